The molecule has 4 aromatic rings. The zero-order valence-corrected chi connectivity index (χ0v) is 21.0. The molecule has 0 saturated carbocycles. The third-order valence-corrected chi connectivity index (χ3v) is 5.74. The van der Waals surface area contributed by atoms with E-state index in [1.165, 1.54) is 12.1 Å². The quantitative estimate of drug-likeness (QED) is 0.0932. The van der Waals surface area contributed by atoms with E-state index in [0.717, 1.165) is 30.7 Å². The predicted octanol–water partition coefficient (Wildman–Crippen LogP) is 8.76. The number of benzene rings is 4. The second-order valence-electron chi connectivity index (χ2n) is 8.69. The lowest BCUT2D eigenvalue weighted by molar-refractivity contribution is -0.187. The molecule has 4 aromatic carbocycles. The summed E-state index contributed by atoms with van der Waals surface area (Å²) in [5.41, 5.74) is -0.381. The van der Waals surface area contributed by atoms with Crippen LogP contribution in [0.25, 0.3) is 11.1 Å². The van der Waals surface area contributed by atoms with Gasteiger partial charge in [0.15, 0.2) is 17.5 Å². The molecule has 0 aliphatic carbocycles. The molecule has 0 fully saturated rings. The first-order chi connectivity index (χ1) is 19.1. The minimum Gasteiger partial charge on any atom is -0.494 e. The van der Waals surface area contributed by atoms with Crippen molar-refractivity contribution in [2.24, 2.45) is 0 Å². The van der Waals surface area contributed by atoms with Crippen LogP contribution >= 0.6 is 0 Å². The number of alkyl halides is 2. The molecule has 0 N–H and O–H groups in total. The van der Waals surface area contributed by atoms with Gasteiger partial charge in [-0.25, -0.2) is 22.0 Å². The van der Waals surface area contributed by atoms with Crippen molar-refractivity contribution >= 4 is 0 Å². The van der Waals surface area contributed by atoms with Crippen LogP contribution in [0.15, 0.2) is 72.8 Å². The first-order valence-electron chi connectivity index (χ1n) is 12.1. The molecule has 4 rings (SSSR count). The fourth-order valence-electron chi connectivity index (χ4n) is 3.65. The molecule has 0 aliphatic heterocycles. The molecule has 9 heteroatoms. The fraction of sp³-hybridized carbons (Fsp3) is 0.161. The third-order valence-electron chi connectivity index (χ3n) is 5.74. The van der Waals surface area contributed by atoms with Gasteiger partial charge < -0.3 is 9.47 Å². The molecule has 0 spiro atoms. The molecule has 0 atom stereocenters. The maximum atomic E-state index is 14.8. The van der Waals surface area contributed by atoms with Gasteiger partial charge in [0, 0.05) is 28.8 Å². The Labute approximate surface area is 226 Å². The maximum Gasteiger partial charge on any atom is 0.429 e. The second-order valence-corrected chi connectivity index (χ2v) is 8.69. The summed E-state index contributed by atoms with van der Waals surface area (Å²) in [4.78, 5) is 0. The summed E-state index contributed by atoms with van der Waals surface area (Å²) in [6.45, 7) is 2.69. The van der Waals surface area contributed by atoms with Crippen LogP contribution in [0.2, 0.25) is 0 Å². The zero-order valence-electron chi connectivity index (χ0n) is 21.0. The minimum absolute atomic E-state index is 0.0495. The van der Waals surface area contributed by atoms with E-state index in [4.69, 9.17) is 4.74 Å². The molecule has 0 saturated heterocycles. The molecule has 0 bridgehead atoms. The Morgan fingerprint density at radius 3 is 1.95 bits per heavy atom. The lowest BCUT2D eigenvalue weighted by atomic mass is 10.0. The van der Waals surface area contributed by atoms with Gasteiger partial charge in [-0.1, -0.05) is 37.3 Å². The predicted molar refractivity (Wildman–Crippen MR) is 135 cm³/mol. The highest BCUT2D eigenvalue weighted by Gasteiger charge is 2.38. The highest BCUT2D eigenvalue weighted by molar-refractivity contribution is 5.66. The van der Waals surface area contributed by atoms with E-state index >= 15 is 0 Å². The van der Waals surface area contributed by atoms with E-state index in [0.29, 0.717) is 29.9 Å². The number of rotatable bonds is 8. The van der Waals surface area contributed by atoms with Crippen molar-refractivity contribution in [1.82, 2.24) is 0 Å². The summed E-state index contributed by atoms with van der Waals surface area (Å²) in [5.74, 6) is -2.20. The van der Waals surface area contributed by atoms with Crippen molar-refractivity contribution in [3.63, 3.8) is 0 Å². The van der Waals surface area contributed by atoms with Crippen molar-refractivity contribution in [2.45, 2.75) is 25.9 Å². The Kier molecular flexibility index (Phi) is 8.68. The SMILES string of the molecule is CCCCOc1ccc(C#Cc2ccc(-c3ccc(C(F)(F)Oc4cc(F)c(F)c(F)c4)c(F)c3)c(F)c2)cc1. The van der Waals surface area contributed by atoms with E-state index in [1.54, 1.807) is 24.3 Å². The van der Waals surface area contributed by atoms with Crippen molar-refractivity contribution in [2.75, 3.05) is 6.61 Å². The molecule has 0 radical (unpaired) electrons. The second kappa shape index (κ2) is 12.2. The van der Waals surface area contributed by atoms with Crippen molar-refractivity contribution in [3.05, 3.63) is 119 Å². The Morgan fingerprint density at radius 2 is 1.32 bits per heavy atom. The highest BCUT2D eigenvalue weighted by atomic mass is 19.3. The number of hydrogen-bond acceptors (Lipinski definition) is 2. The molecule has 0 aromatic heterocycles. The van der Waals surface area contributed by atoms with Gasteiger partial charge in [-0.2, -0.15) is 8.78 Å². The smallest absolute Gasteiger partial charge is 0.429 e. The molecular weight excluding hydrogens is 537 g/mol. The van der Waals surface area contributed by atoms with Gasteiger partial charge >= 0.3 is 6.11 Å². The van der Waals surface area contributed by atoms with Crippen molar-refractivity contribution < 1.29 is 40.2 Å². The molecular formula is C31H21F7O2. The van der Waals surface area contributed by atoms with Crippen LogP contribution in [0.4, 0.5) is 30.7 Å². The van der Waals surface area contributed by atoms with Gasteiger partial charge in [-0.05, 0) is 60.5 Å². The van der Waals surface area contributed by atoms with Crippen LogP contribution in [0.5, 0.6) is 11.5 Å². The fourth-order valence-corrected chi connectivity index (χ4v) is 3.65. The van der Waals surface area contributed by atoms with Crippen LogP contribution in [-0.4, -0.2) is 6.61 Å². The van der Waals surface area contributed by atoms with Crippen molar-refractivity contribution in [1.29, 1.82) is 0 Å². The monoisotopic (exact) mass is 558 g/mol. The highest BCUT2D eigenvalue weighted by Crippen LogP contribution is 2.36. The normalized spacial score (nSPS) is 11.1. The van der Waals surface area contributed by atoms with Crippen LogP contribution < -0.4 is 9.47 Å². The van der Waals surface area contributed by atoms with Crippen LogP contribution in [0.3, 0.4) is 0 Å². The van der Waals surface area contributed by atoms with Gasteiger partial charge in [0.05, 0.1) is 12.2 Å². The minimum atomic E-state index is -4.38. The lowest BCUT2D eigenvalue weighted by Gasteiger charge is -2.19. The molecule has 0 unspecified atom stereocenters. The van der Waals surface area contributed by atoms with Gasteiger partial charge in [-0.3, -0.25) is 0 Å². The molecule has 0 heterocycles. The summed E-state index contributed by atoms with van der Waals surface area (Å²) in [6, 6.07) is 13.8. The van der Waals surface area contributed by atoms with E-state index < -0.39 is 46.5 Å². The topological polar surface area (TPSA) is 18.5 Å². The van der Waals surface area contributed by atoms with E-state index in [-0.39, 0.29) is 23.3 Å². The molecule has 0 aliphatic rings. The first-order valence-corrected chi connectivity index (χ1v) is 12.1. The van der Waals surface area contributed by atoms with Gasteiger partial charge in [0.1, 0.15) is 23.1 Å². The molecule has 40 heavy (non-hydrogen) atoms. The zero-order chi connectivity index (χ0) is 28.9. The summed E-state index contributed by atoms with van der Waals surface area (Å²) in [7, 11) is 0. The third kappa shape index (κ3) is 6.75. The van der Waals surface area contributed by atoms with Crippen LogP contribution in [0, 0.1) is 40.9 Å². The average Bonchev–Trinajstić information content (AvgIpc) is 2.91. The first kappa shape index (κ1) is 28.6. The van der Waals surface area contributed by atoms with Gasteiger partial charge in [0.2, 0.25) is 0 Å². The summed E-state index contributed by atoms with van der Waals surface area (Å²) >= 11 is 0. The van der Waals surface area contributed by atoms with Crippen LogP contribution in [-0.2, 0) is 6.11 Å². The Hall–Kier alpha value is -4.45. The Balaban J connectivity index is 1.49. The Morgan fingerprint density at radius 1 is 0.675 bits per heavy atom. The molecule has 0 amide bonds. The molecule has 2 nitrogen and oxygen atoms in total. The number of unbranched alkanes of at least 4 members (excludes halogenated alkanes) is 1. The van der Waals surface area contributed by atoms with Gasteiger partial charge in [-0.15, -0.1) is 0 Å². The van der Waals surface area contributed by atoms with E-state index in [9.17, 15) is 30.7 Å². The number of halogens is 7. The maximum absolute atomic E-state index is 14.8. The van der Waals surface area contributed by atoms with E-state index in [1.807, 2.05) is 0 Å². The number of hydrogen-bond donors (Lipinski definition) is 0. The largest absolute Gasteiger partial charge is 0.494 e. The lowest BCUT2D eigenvalue weighted by Crippen LogP contribution is -2.23. The summed E-state index contributed by atoms with van der Waals surface area (Å²) in [6.07, 6.45) is -2.41. The summed E-state index contributed by atoms with van der Waals surface area (Å²) < 4.78 is 108. The van der Waals surface area contributed by atoms with Crippen LogP contribution in [0.1, 0.15) is 36.5 Å². The average molecular weight is 558 g/mol. The number of ether oxygens (including phenoxy) is 2. The van der Waals surface area contributed by atoms with Crippen molar-refractivity contribution in [3.8, 4) is 34.5 Å². The van der Waals surface area contributed by atoms with E-state index in [2.05, 4.69) is 23.5 Å². The molecule has 206 valence electrons. The summed E-state index contributed by atoms with van der Waals surface area (Å²) in [5, 5.41) is 0. The van der Waals surface area contributed by atoms with Gasteiger partial charge in [0.25, 0.3) is 0 Å². The standard InChI is InChI=1S/C31H21F7O2/c1-2-3-14-39-22-10-6-19(7-11-22)4-5-20-8-12-24(26(32)15-20)21-9-13-25(27(33)16-21)31(37,38)40-23-17-28(34)30(36)29(35)18-23/h6-13,15-18H,2-3,14H2,1H3. The Bertz CT molecular complexity index is 1550.